The maximum atomic E-state index is 11.6. The number of benzene rings is 1. The lowest BCUT2D eigenvalue weighted by atomic mass is 10.1. The second-order valence-electron chi connectivity index (χ2n) is 4.43. The Morgan fingerprint density at radius 2 is 2.30 bits per heavy atom. The fourth-order valence-electron chi connectivity index (χ4n) is 1.76. The zero-order valence-corrected chi connectivity index (χ0v) is 12.8. The molecule has 1 heterocycles. The molecule has 0 aliphatic heterocycles. The number of nitrogens with one attached hydrogen (secondary N) is 1. The first-order valence-electron chi connectivity index (χ1n) is 6.33. The van der Waals surface area contributed by atoms with Gasteiger partial charge in [-0.05, 0) is 42.8 Å². The average Bonchev–Trinajstić information content (AvgIpc) is 2.74. The van der Waals surface area contributed by atoms with Gasteiger partial charge in [-0.2, -0.15) is 0 Å². The lowest BCUT2D eigenvalue weighted by molar-refractivity contribution is 0.199. The predicted molar refractivity (Wildman–Crippen MR) is 79.3 cm³/mol. The van der Waals surface area contributed by atoms with Gasteiger partial charge in [0, 0.05) is 11.4 Å². The van der Waals surface area contributed by atoms with Gasteiger partial charge in [0.25, 0.3) is 0 Å². The minimum absolute atomic E-state index is 0.217. The van der Waals surface area contributed by atoms with Crippen LogP contribution in [0.3, 0.4) is 0 Å². The van der Waals surface area contributed by atoms with Crippen LogP contribution in [0.15, 0.2) is 33.0 Å². The van der Waals surface area contributed by atoms with Crippen LogP contribution < -0.4 is 5.69 Å². The van der Waals surface area contributed by atoms with Crippen LogP contribution >= 0.6 is 23.4 Å². The third kappa shape index (κ3) is 3.26. The van der Waals surface area contributed by atoms with Gasteiger partial charge in [0.05, 0.1) is 11.1 Å². The van der Waals surface area contributed by atoms with Crippen molar-refractivity contribution in [3.05, 3.63) is 39.3 Å². The van der Waals surface area contributed by atoms with Crippen LogP contribution in [0.1, 0.15) is 31.9 Å². The molecular formula is C13H16ClN3O2S. The minimum atomic E-state index is -0.560. The van der Waals surface area contributed by atoms with Gasteiger partial charge in [-0.3, -0.25) is 4.57 Å². The van der Waals surface area contributed by atoms with Crippen molar-refractivity contribution in [1.82, 2.24) is 14.8 Å². The van der Waals surface area contributed by atoms with Gasteiger partial charge in [0.15, 0.2) is 5.16 Å². The van der Waals surface area contributed by atoms with Crippen molar-refractivity contribution in [3.63, 3.8) is 0 Å². The van der Waals surface area contributed by atoms with Gasteiger partial charge in [0.2, 0.25) is 0 Å². The van der Waals surface area contributed by atoms with Crippen molar-refractivity contribution < 1.29 is 5.11 Å². The molecule has 108 valence electrons. The molecule has 0 unspecified atom stereocenters. The topological polar surface area (TPSA) is 70.9 Å². The van der Waals surface area contributed by atoms with E-state index in [9.17, 15) is 9.90 Å². The van der Waals surface area contributed by atoms with Gasteiger partial charge in [-0.25, -0.2) is 9.89 Å². The molecule has 0 saturated carbocycles. The van der Waals surface area contributed by atoms with Crippen molar-refractivity contribution in [1.29, 1.82) is 0 Å². The molecule has 0 bridgehead atoms. The number of aromatic amines is 1. The van der Waals surface area contributed by atoms with E-state index in [4.69, 9.17) is 11.6 Å². The first-order valence-corrected chi connectivity index (χ1v) is 7.53. The Hall–Kier alpha value is -1.24. The third-order valence-corrected chi connectivity index (χ3v) is 4.30. The Bertz CT molecular complexity index is 651. The SMILES string of the molecule is CCCn1c(Sc2ccc([C@H](C)O)cc2Cl)n[nH]c1=O. The maximum Gasteiger partial charge on any atom is 0.343 e. The van der Waals surface area contributed by atoms with Crippen molar-refractivity contribution in [3.8, 4) is 0 Å². The van der Waals surface area contributed by atoms with E-state index in [-0.39, 0.29) is 5.69 Å². The zero-order chi connectivity index (χ0) is 14.7. The standard InChI is InChI=1S/C13H16ClN3O2S/c1-3-6-17-12(19)15-16-13(17)20-11-5-4-9(8(2)18)7-10(11)14/h4-5,7-8,18H,3,6H2,1-2H3,(H,15,19)/t8-/m0/s1. The largest absolute Gasteiger partial charge is 0.389 e. The molecule has 0 radical (unpaired) electrons. The number of H-pyrrole nitrogens is 1. The summed E-state index contributed by atoms with van der Waals surface area (Å²) in [5.41, 5.74) is 0.540. The third-order valence-electron chi connectivity index (χ3n) is 2.81. The van der Waals surface area contributed by atoms with Gasteiger partial charge < -0.3 is 5.11 Å². The molecule has 0 fully saturated rings. The minimum Gasteiger partial charge on any atom is -0.389 e. The number of hydrogen-bond acceptors (Lipinski definition) is 4. The fourth-order valence-corrected chi connectivity index (χ4v) is 2.93. The molecule has 2 aromatic rings. The van der Waals surface area contributed by atoms with E-state index < -0.39 is 6.10 Å². The normalized spacial score (nSPS) is 12.6. The summed E-state index contributed by atoms with van der Waals surface area (Å²) in [5, 5.41) is 17.1. The van der Waals surface area contributed by atoms with Crippen LogP contribution in [0.2, 0.25) is 5.02 Å². The van der Waals surface area contributed by atoms with Gasteiger partial charge in [-0.15, -0.1) is 5.10 Å². The number of aliphatic hydroxyl groups excluding tert-OH is 1. The molecule has 0 spiro atoms. The van der Waals surface area contributed by atoms with Crippen LogP contribution in [0.4, 0.5) is 0 Å². The Morgan fingerprint density at radius 3 is 2.90 bits per heavy atom. The average molecular weight is 314 g/mol. The highest BCUT2D eigenvalue weighted by molar-refractivity contribution is 7.99. The molecule has 20 heavy (non-hydrogen) atoms. The Morgan fingerprint density at radius 1 is 1.55 bits per heavy atom. The first kappa shape index (κ1) is 15.2. The molecule has 1 atom stereocenters. The Labute approximate surface area is 126 Å². The number of halogens is 1. The molecule has 1 aromatic carbocycles. The summed E-state index contributed by atoms with van der Waals surface area (Å²) in [6, 6.07) is 5.36. The van der Waals surface area contributed by atoms with Gasteiger partial charge in [-0.1, -0.05) is 24.6 Å². The van der Waals surface area contributed by atoms with Crippen LogP contribution in [0.5, 0.6) is 0 Å². The molecule has 0 saturated heterocycles. The van der Waals surface area contributed by atoms with E-state index in [1.165, 1.54) is 11.8 Å². The van der Waals surface area contributed by atoms with E-state index in [1.54, 1.807) is 17.6 Å². The molecule has 1 aromatic heterocycles. The van der Waals surface area contributed by atoms with Crippen molar-refractivity contribution in [2.75, 3.05) is 0 Å². The summed E-state index contributed by atoms with van der Waals surface area (Å²) >= 11 is 7.53. The highest BCUT2D eigenvalue weighted by Gasteiger charge is 2.12. The molecule has 0 aliphatic carbocycles. The van der Waals surface area contributed by atoms with E-state index in [1.807, 2.05) is 19.1 Å². The number of nitrogens with zero attached hydrogens (tertiary/aromatic N) is 2. The van der Waals surface area contributed by atoms with Crippen LogP contribution in [0.25, 0.3) is 0 Å². The number of hydrogen-bond donors (Lipinski definition) is 2. The molecule has 0 aliphatic rings. The van der Waals surface area contributed by atoms with Gasteiger partial charge >= 0.3 is 5.69 Å². The van der Waals surface area contributed by atoms with E-state index >= 15 is 0 Å². The smallest absolute Gasteiger partial charge is 0.343 e. The fraction of sp³-hybridized carbons (Fsp3) is 0.385. The second-order valence-corrected chi connectivity index (χ2v) is 5.85. The Balaban J connectivity index is 2.28. The van der Waals surface area contributed by atoms with Crippen LogP contribution in [0, 0.1) is 0 Å². The predicted octanol–water partition coefficient (Wildman–Crippen LogP) is 2.84. The maximum absolute atomic E-state index is 11.6. The molecule has 5 nitrogen and oxygen atoms in total. The quantitative estimate of drug-likeness (QED) is 0.890. The highest BCUT2D eigenvalue weighted by Crippen LogP contribution is 2.33. The number of rotatable bonds is 5. The Kier molecular flexibility index (Phi) is 4.91. The first-order chi connectivity index (χ1) is 9.52. The zero-order valence-electron chi connectivity index (χ0n) is 11.3. The summed E-state index contributed by atoms with van der Waals surface area (Å²) in [6.45, 7) is 4.30. The van der Waals surface area contributed by atoms with Crippen LogP contribution in [-0.4, -0.2) is 19.9 Å². The summed E-state index contributed by atoms with van der Waals surface area (Å²) in [6.07, 6.45) is 0.289. The summed E-state index contributed by atoms with van der Waals surface area (Å²) in [5.74, 6) is 0. The molecule has 2 N–H and O–H groups in total. The van der Waals surface area contributed by atoms with Crippen molar-refractivity contribution >= 4 is 23.4 Å². The van der Waals surface area contributed by atoms with E-state index in [2.05, 4.69) is 10.2 Å². The summed E-state index contributed by atoms with van der Waals surface area (Å²) in [4.78, 5) is 12.4. The number of aliphatic hydroxyl groups is 1. The molecule has 7 heteroatoms. The van der Waals surface area contributed by atoms with Crippen LogP contribution in [-0.2, 0) is 6.54 Å². The molecule has 2 rings (SSSR count). The van der Waals surface area contributed by atoms with Crippen molar-refractivity contribution in [2.24, 2.45) is 0 Å². The van der Waals surface area contributed by atoms with Crippen molar-refractivity contribution in [2.45, 2.75) is 43.0 Å². The summed E-state index contributed by atoms with van der Waals surface area (Å²) < 4.78 is 1.59. The molecule has 0 amide bonds. The lowest BCUT2D eigenvalue weighted by Crippen LogP contribution is -2.17. The monoisotopic (exact) mass is 313 g/mol. The van der Waals surface area contributed by atoms with E-state index in [0.29, 0.717) is 16.7 Å². The number of aromatic nitrogens is 3. The van der Waals surface area contributed by atoms with Gasteiger partial charge in [0.1, 0.15) is 0 Å². The highest BCUT2D eigenvalue weighted by atomic mass is 35.5. The molecular weight excluding hydrogens is 298 g/mol. The van der Waals surface area contributed by atoms with E-state index in [0.717, 1.165) is 16.9 Å². The second kappa shape index (κ2) is 6.47. The lowest BCUT2D eigenvalue weighted by Gasteiger charge is -2.09. The summed E-state index contributed by atoms with van der Waals surface area (Å²) in [7, 11) is 0.